The summed E-state index contributed by atoms with van der Waals surface area (Å²) in [5.74, 6) is 3.30. The van der Waals surface area contributed by atoms with E-state index in [1.54, 1.807) is 0 Å². The average Bonchev–Trinajstić information content (AvgIpc) is 3.13. The summed E-state index contributed by atoms with van der Waals surface area (Å²) >= 11 is 0. The Kier molecular flexibility index (Phi) is 3.00. The highest BCUT2D eigenvalue weighted by Gasteiger charge is 2.30. The van der Waals surface area contributed by atoms with Crippen molar-refractivity contribution in [1.82, 2.24) is 9.55 Å². The minimum atomic E-state index is 0.660. The summed E-state index contributed by atoms with van der Waals surface area (Å²) in [5.41, 5.74) is 8.97. The zero-order valence-electron chi connectivity index (χ0n) is 12.1. The van der Waals surface area contributed by atoms with Crippen molar-refractivity contribution in [3.8, 4) is 0 Å². The lowest BCUT2D eigenvalue weighted by Gasteiger charge is -2.18. The van der Waals surface area contributed by atoms with Gasteiger partial charge in [0.05, 0.1) is 11.0 Å². The molecule has 0 radical (unpaired) electrons. The van der Waals surface area contributed by atoms with Gasteiger partial charge in [-0.3, -0.25) is 0 Å². The molecule has 0 bridgehead atoms. The molecule has 1 saturated carbocycles. The second-order valence-corrected chi connectivity index (χ2v) is 6.32. The number of fused-ring (bicyclic) bond motifs is 1. The Balaban J connectivity index is 2.06. The summed E-state index contributed by atoms with van der Waals surface area (Å²) in [4.78, 5) is 4.83. The van der Waals surface area contributed by atoms with Gasteiger partial charge in [-0.2, -0.15) is 0 Å². The van der Waals surface area contributed by atoms with Crippen LogP contribution in [0.5, 0.6) is 0 Å². The molecule has 0 spiro atoms. The first-order chi connectivity index (χ1) is 9.06. The van der Waals surface area contributed by atoms with E-state index in [4.69, 9.17) is 10.7 Å². The minimum Gasteiger partial charge on any atom is -0.399 e. The van der Waals surface area contributed by atoms with Gasteiger partial charge in [-0.25, -0.2) is 4.98 Å². The maximum Gasteiger partial charge on any atom is 0.113 e. The summed E-state index contributed by atoms with van der Waals surface area (Å²) in [6, 6.07) is 6.10. The number of imidazole rings is 1. The molecule has 0 amide bonds. The molecule has 1 aromatic heterocycles. The fourth-order valence-corrected chi connectivity index (χ4v) is 2.51. The molecule has 0 saturated heterocycles. The molecular formula is C16H23N3. The van der Waals surface area contributed by atoms with Crippen LogP contribution in [0.3, 0.4) is 0 Å². The van der Waals surface area contributed by atoms with Crippen LogP contribution in [0.1, 0.15) is 45.4 Å². The van der Waals surface area contributed by atoms with Crippen molar-refractivity contribution in [3.05, 3.63) is 24.0 Å². The van der Waals surface area contributed by atoms with Crippen LogP contribution >= 0.6 is 0 Å². The third-order valence-electron chi connectivity index (χ3n) is 4.35. The Bertz CT molecular complexity index is 593. The topological polar surface area (TPSA) is 43.8 Å². The van der Waals surface area contributed by atoms with Gasteiger partial charge in [0.2, 0.25) is 0 Å². The second-order valence-electron chi connectivity index (χ2n) is 6.32. The van der Waals surface area contributed by atoms with E-state index in [0.29, 0.717) is 17.8 Å². The molecule has 0 aliphatic heterocycles. The van der Waals surface area contributed by atoms with Crippen molar-refractivity contribution >= 4 is 16.7 Å². The molecule has 3 heteroatoms. The lowest BCUT2D eigenvalue weighted by Crippen LogP contribution is -2.14. The molecule has 3 rings (SSSR count). The Hall–Kier alpha value is -1.51. The van der Waals surface area contributed by atoms with Gasteiger partial charge in [0, 0.05) is 18.2 Å². The molecule has 2 N–H and O–H groups in total. The van der Waals surface area contributed by atoms with Crippen LogP contribution in [0, 0.1) is 11.8 Å². The van der Waals surface area contributed by atoms with Crippen LogP contribution < -0.4 is 5.73 Å². The van der Waals surface area contributed by atoms with Crippen LogP contribution in [0.4, 0.5) is 5.69 Å². The normalized spacial score (nSPS) is 17.3. The molecule has 1 fully saturated rings. The monoisotopic (exact) mass is 257 g/mol. The van der Waals surface area contributed by atoms with Gasteiger partial charge in [0.15, 0.2) is 0 Å². The summed E-state index contributed by atoms with van der Waals surface area (Å²) in [6.07, 6.45) is 2.57. The highest BCUT2D eigenvalue weighted by molar-refractivity contribution is 5.79. The van der Waals surface area contributed by atoms with E-state index in [-0.39, 0.29) is 0 Å². The van der Waals surface area contributed by atoms with E-state index in [0.717, 1.165) is 17.7 Å². The standard InChI is InChI=1S/C16H23N3/c1-10(2)11(3)9-19-15-7-6-13(17)8-14(15)18-16(19)12-4-5-12/h6-8,10-12H,4-5,9,17H2,1-3H3. The van der Waals surface area contributed by atoms with E-state index in [1.165, 1.54) is 24.2 Å². The molecule has 1 aliphatic rings. The van der Waals surface area contributed by atoms with E-state index < -0.39 is 0 Å². The molecule has 2 aromatic rings. The zero-order chi connectivity index (χ0) is 13.6. The van der Waals surface area contributed by atoms with Gasteiger partial charge in [0.25, 0.3) is 0 Å². The van der Waals surface area contributed by atoms with E-state index in [2.05, 4.69) is 31.4 Å². The number of benzene rings is 1. The molecular weight excluding hydrogens is 234 g/mol. The molecule has 1 aliphatic carbocycles. The van der Waals surface area contributed by atoms with Crippen LogP contribution in [0.15, 0.2) is 18.2 Å². The number of nitrogens with zero attached hydrogens (tertiary/aromatic N) is 2. The number of hydrogen-bond acceptors (Lipinski definition) is 2. The zero-order valence-corrected chi connectivity index (χ0v) is 12.1. The quantitative estimate of drug-likeness (QED) is 0.847. The van der Waals surface area contributed by atoms with Gasteiger partial charge in [0.1, 0.15) is 5.82 Å². The predicted octanol–water partition coefficient (Wildman–Crippen LogP) is 3.79. The average molecular weight is 257 g/mol. The molecule has 1 atom stereocenters. The smallest absolute Gasteiger partial charge is 0.113 e. The highest BCUT2D eigenvalue weighted by atomic mass is 15.1. The Morgan fingerprint density at radius 1 is 1.32 bits per heavy atom. The van der Waals surface area contributed by atoms with Crippen LogP contribution in [-0.2, 0) is 6.54 Å². The Morgan fingerprint density at radius 3 is 2.68 bits per heavy atom. The summed E-state index contributed by atoms with van der Waals surface area (Å²) in [6.45, 7) is 7.96. The lowest BCUT2D eigenvalue weighted by molar-refractivity contribution is 0.364. The summed E-state index contributed by atoms with van der Waals surface area (Å²) in [7, 11) is 0. The molecule has 1 aromatic carbocycles. The first-order valence-corrected chi connectivity index (χ1v) is 7.32. The number of rotatable bonds is 4. The van der Waals surface area contributed by atoms with Crippen LogP contribution in [0.25, 0.3) is 11.0 Å². The fraction of sp³-hybridized carbons (Fsp3) is 0.562. The van der Waals surface area contributed by atoms with Gasteiger partial charge in [-0.15, -0.1) is 0 Å². The second kappa shape index (κ2) is 4.55. The fourth-order valence-electron chi connectivity index (χ4n) is 2.51. The van der Waals surface area contributed by atoms with Crippen molar-refractivity contribution in [1.29, 1.82) is 0 Å². The number of anilines is 1. The number of nitrogen functional groups attached to an aromatic ring is 1. The molecule has 102 valence electrons. The molecule has 19 heavy (non-hydrogen) atoms. The van der Waals surface area contributed by atoms with Crippen molar-refractivity contribution < 1.29 is 0 Å². The van der Waals surface area contributed by atoms with Crippen molar-refractivity contribution in [2.24, 2.45) is 11.8 Å². The lowest BCUT2D eigenvalue weighted by atomic mass is 9.98. The number of nitrogens with two attached hydrogens (primary N) is 1. The molecule has 1 unspecified atom stereocenters. The maximum absolute atomic E-state index is 5.88. The third kappa shape index (κ3) is 2.34. The van der Waals surface area contributed by atoms with E-state index >= 15 is 0 Å². The van der Waals surface area contributed by atoms with E-state index in [1.807, 2.05) is 12.1 Å². The summed E-state index contributed by atoms with van der Waals surface area (Å²) in [5, 5.41) is 0. The van der Waals surface area contributed by atoms with Gasteiger partial charge in [-0.05, 0) is 42.9 Å². The SMILES string of the molecule is CC(C)C(C)Cn1c(C2CC2)nc2cc(N)ccc21. The first-order valence-electron chi connectivity index (χ1n) is 7.32. The first kappa shape index (κ1) is 12.5. The van der Waals surface area contributed by atoms with Crippen molar-refractivity contribution in [2.75, 3.05) is 5.73 Å². The Labute approximate surface area is 114 Å². The van der Waals surface area contributed by atoms with Gasteiger partial charge >= 0.3 is 0 Å². The highest BCUT2D eigenvalue weighted by Crippen LogP contribution is 2.41. The third-order valence-corrected chi connectivity index (χ3v) is 4.35. The van der Waals surface area contributed by atoms with Gasteiger partial charge in [-0.1, -0.05) is 20.8 Å². The predicted molar refractivity (Wildman–Crippen MR) is 80.1 cm³/mol. The maximum atomic E-state index is 5.88. The minimum absolute atomic E-state index is 0.660. The van der Waals surface area contributed by atoms with Gasteiger partial charge < -0.3 is 10.3 Å². The Morgan fingerprint density at radius 2 is 2.05 bits per heavy atom. The number of aromatic nitrogens is 2. The van der Waals surface area contributed by atoms with Crippen LogP contribution in [-0.4, -0.2) is 9.55 Å². The van der Waals surface area contributed by atoms with Crippen molar-refractivity contribution in [3.63, 3.8) is 0 Å². The molecule has 1 heterocycles. The largest absolute Gasteiger partial charge is 0.399 e. The molecule has 3 nitrogen and oxygen atoms in total. The summed E-state index contributed by atoms with van der Waals surface area (Å²) < 4.78 is 2.43. The van der Waals surface area contributed by atoms with Crippen LogP contribution in [0.2, 0.25) is 0 Å². The van der Waals surface area contributed by atoms with E-state index in [9.17, 15) is 0 Å². The number of hydrogen-bond donors (Lipinski definition) is 1. The van der Waals surface area contributed by atoms with Crippen molar-refractivity contribution in [2.45, 2.75) is 46.1 Å².